The van der Waals surface area contributed by atoms with E-state index in [0.29, 0.717) is 10.5 Å². The largest absolute Gasteiger partial charge is 0.382 e. The van der Waals surface area contributed by atoms with E-state index in [2.05, 4.69) is 0 Å². The van der Waals surface area contributed by atoms with Gasteiger partial charge in [-0.25, -0.2) is 8.78 Å². The van der Waals surface area contributed by atoms with E-state index >= 15 is 0 Å². The quantitative estimate of drug-likeness (QED) is 0.764. The Morgan fingerprint density at radius 1 is 1.31 bits per heavy atom. The summed E-state index contributed by atoms with van der Waals surface area (Å²) in [7, 11) is 0. The number of benzene rings is 1. The highest BCUT2D eigenvalue weighted by Crippen LogP contribution is 2.28. The summed E-state index contributed by atoms with van der Waals surface area (Å²) in [4.78, 5) is 0.690. The van der Waals surface area contributed by atoms with E-state index in [4.69, 9.17) is 5.11 Å². The van der Waals surface area contributed by atoms with Gasteiger partial charge in [0.25, 0.3) is 6.43 Å². The summed E-state index contributed by atoms with van der Waals surface area (Å²) in [5.41, 5.74) is 0.296. The Morgan fingerprint density at radius 3 is 2.46 bits per heavy atom. The fourth-order valence-electron chi connectivity index (χ4n) is 1.05. The van der Waals surface area contributed by atoms with Crippen LogP contribution < -0.4 is 0 Å². The molecule has 0 bridgehead atoms. The summed E-state index contributed by atoms with van der Waals surface area (Å²) in [5.74, 6) is 0. The molecule has 1 aromatic carbocycles. The van der Waals surface area contributed by atoms with Crippen molar-refractivity contribution in [3.63, 3.8) is 0 Å². The summed E-state index contributed by atoms with van der Waals surface area (Å²) in [6.07, 6.45) is -2.62. The predicted octanol–water partition coefficient (Wildman–Crippen LogP) is 2.71. The molecule has 1 aromatic rings. The number of aliphatic hydroxyl groups is 1. The second-order valence-electron chi connectivity index (χ2n) is 2.52. The molecule has 0 spiro atoms. The molecule has 0 radical (unpaired) electrons. The Morgan fingerprint density at radius 2 is 1.92 bits per heavy atom. The lowest BCUT2D eigenvalue weighted by atomic mass is 10.1. The molecule has 1 atom stereocenters. The van der Waals surface area contributed by atoms with Crippen molar-refractivity contribution in [3.8, 4) is 0 Å². The van der Waals surface area contributed by atoms with Gasteiger partial charge in [0.2, 0.25) is 0 Å². The Kier molecular flexibility index (Phi) is 3.69. The van der Waals surface area contributed by atoms with E-state index in [9.17, 15) is 8.78 Å². The molecule has 4 heteroatoms. The Bertz CT molecular complexity index is 278. The maximum Gasteiger partial charge on any atom is 0.268 e. The van der Waals surface area contributed by atoms with Crippen molar-refractivity contribution >= 4 is 11.8 Å². The van der Waals surface area contributed by atoms with Gasteiger partial charge in [-0.1, -0.05) is 18.2 Å². The Balaban J connectivity index is 2.98. The first-order valence-corrected chi connectivity index (χ1v) is 4.98. The zero-order valence-corrected chi connectivity index (χ0v) is 7.89. The van der Waals surface area contributed by atoms with Crippen LogP contribution in [0.15, 0.2) is 29.2 Å². The smallest absolute Gasteiger partial charge is 0.268 e. The van der Waals surface area contributed by atoms with Crippen LogP contribution in [0.3, 0.4) is 0 Å². The maximum absolute atomic E-state index is 12.2. The van der Waals surface area contributed by atoms with Crippen LogP contribution in [0.5, 0.6) is 0 Å². The second-order valence-corrected chi connectivity index (χ2v) is 3.37. The van der Waals surface area contributed by atoms with Crippen molar-refractivity contribution < 1.29 is 13.9 Å². The van der Waals surface area contributed by atoms with Crippen molar-refractivity contribution in [2.24, 2.45) is 0 Å². The summed E-state index contributed by atoms with van der Waals surface area (Å²) < 4.78 is 24.3. The molecule has 1 nitrogen and oxygen atoms in total. The van der Waals surface area contributed by atoms with Crippen molar-refractivity contribution in [1.82, 2.24) is 0 Å². The van der Waals surface area contributed by atoms with Crippen molar-refractivity contribution in [3.05, 3.63) is 29.8 Å². The third-order valence-corrected chi connectivity index (χ3v) is 2.51. The molecule has 13 heavy (non-hydrogen) atoms. The molecule has 0 saturated carbocycles. The minimum atomic E-state index is -2.73. The van der Waals surface area contributed by atoms with E-state index < -0.39 is 12.5 Å². The molecule has 1 N–H and O–H groups in total. The summed E-state index contributed by atoms with van der Waals surface area (Å²) in [5, 5.41) is 9.15. The maximum atomic E-state index is 12.2. The minimum absolute atomic E-state index is 0.296. The molecule has 0 aliphatic carbocycles. The highest BCUT2D eigenvalue weighted by atomic mass is 32.2. The first-order chi connectivity index (χ1) is 6.16. The molecule has 0 amide bonds. The Hall–Kier alpha value is -0.610. The van der Waals surface area contributed by atoms with Crippen LogP contribution in [0.4, 0.5) is 8.78 Å². The van der Waals surface area contributed by atoms with Crippen LogP contribution in [0.25, 0.3) is 0 Å². The van der Waals surface area contributed by atoms with Crippen molar-refractivity contribution in [2.75, 3.05) is 6.26 Å². The molecule has 0 heterocycles. The van der Waals surface area contributed by atoms with Gasteiger partial charge < -0.3 is 5.11 Å². The molecule has 1 unspecified atom stereocenters. The van der Waals surface area contributed by atoms with Crippen LogP contribution in [-0.2, 0) is 0 Å². The van der Waals surface area contributed by atoms with Gasteiger partial charge in [-0.15, -0.1) is 11.8 Å². The van der Waals surface area contributed by atoms with Crippen LogP contribution in [-0.4, -0.2) is 17.8 Å². The predicted molar refractivity (Wildman–Crippen MR) is 49.2 cm³/mol. The lowest BCUT2D eigenvalue weighted by Crippen LogP contribution is -2.08. The van der Waals surface area contributed by atoms with Gasteiger partial charge in [0.05, 0.1) is 0 Å². The van der Waals surface area contributed by atoms with Gasteiger partial charge in [-0.3, -0.25) is 0 Å². The summed E-state index contributed by atoms with van der Waals surface area (Å²) in [6, 6.07) is 6.63. The fraction of sp³-hybridized carbons (Fsp3) is 0.333. The molecule has 72 valence electrons. The molecule has 0 aliphatic heterocycles. The normalized spacial score (nSPS) is 13.3. The second kappa shape index (κ2) is 4.58. The van der Waals surface area contributed by atoms with E-state index in [0.717, 1.165) is 0 Å². The average Bonchev–Trinajstić information content (AvgIpc) is 2.16. The number of alkyl halides is 2. The zero-order chi connectivity index (χ0) is 9.84. The molecular formula is C9H10F2OS. The monoisotopic (exact) mass is 204 g/mol. The van der Waals surface area contributed by atoms with Gasteiger partial charge in [0.1, 0.15) is 6.10 Å². The molecule has 1 rings (SSSR count). The van der Waals surface area contributed by atoms with E-state index in [1.54, 1.807) is 24.5 Å². The van der Waals surface area contributed by atoms with Gasteiger partial charge in [-0.2, -0.15) is 0 Å². The lowest BCUT2D eigenvalue weighted by molar-refractivity contribution is -0.00723. The molecule has 0 aliphatic rings. The molecule has 0 aromatic heterocycles. The molecule has 0 saturated heterocycles. The number of thioether (sulfide) groups is 1. The number of rotatable bonds is 3. The van der Waals surface area contributed by atoms with Gasteiger partial charge in [0.15, 0.2) is 0 Å². The van der Waals surface area contributed by atoms with E-state index in [1.165, 1.54) is 17.8 Å². The van der Waals surface area contributed by atoms with Crippen LogP contribution in [0.1, 0.15) is 11.7 Å². The van der Waals surface area contributed by atoms with Crippen LogP contribution >= 0.6 is 11.8 Å². The van der Waals surface area contributed by atoms with Gasteiger partial charge in [-0.05, 0) is 17.9 Å². The Labute approximate surface area is 79.8 Å². The standard InChI is InChI=1S/C9H10F2OS/c1-13-7-5-3-2-4-6(7)8(12)9(10)11/h2-5,8-9,12H,1H3. The first-order valence-electron chi connectivity index (χ1n) is 3.76. The third-order valence-electron chi connectivity index (χ3n) is 1.70. The van der Waals surface area contributed by atoms with Crippen LogP contribution in [0, 0.1) is 0 Å². The van der Waals surface area contributed by atoms with E-state index in [1.807, 2.05) is 0 Å². The highest BCUT2D eigenvalue weighted by molar-refractivity contribution is 7.98. The average molecular weight is 204 g/mol. The lowest BCUT2D eigenvalue weighted by Gasteiger charge is -2.12. The highest BCUT2D eigenvalue weighted by Gasteiger charge is 2.21. The van der Waals surface area contributed by atoms with E-state index in [-0.39, 0.29) is 0 Å². The minimum Gasteiger partial charge on any atom is -0.382 e. The van der Waals surface area contributed by atoms with Gasteiger partial charge in [0, 0.05) is 4.90 Å². The number of aliphatic hydroxyl groups excluding tert-OH is 1. The zero-order valence-electron chi connectivity index (χ0n) is 7.08. The van der Waals surface area contributed by atoms with Crippen molar-refractivity contribution in [1.29, 1.82) is 0 Å². The summed E-state index contributed by atoms with van der Waals surface area (Å²) >= 11 is 1.35. The third kappa shape index (κ3) is 2.42. The number of hydrogen-bond donors (Lipinski definition) is 1. The topological polar surface area (TPSA) is 20.2 Å². The SMILES string of the molecule is CSc1ccccc1C(O)C(F)F. The molecule has 0 fully saturated rings. The van der Waals surface area contributed by atoms with Crippen LogP contribution in [0.2, 0.25) is 0 Å². The van der Waals surface area contributed by atoms with Gasteiger partial charge >= 0.3 is 0 Å². The number of hydrogen-bond acceptors (Lipinski definition) is 2. The summed E-state index contributed by atoms with van der Waals surface area (Å²) in [6.45, 7) is 0. The fourth-order valence-corrected chi connectivity index (χ4v) is 1.69. The van der Waals surface area contributed by atoms with Crippen molar-refractivity contribution in [2.45, 2.75) is 17.4 Å². The first kappa shape index (κ1) is 10.5. The number of halogens is 2. The molecular weight excluding hydrogens is 194 g/mol.